The molecular weight excluding hydrogens is 616 g/mol. The zero-order valence-corrected chi connectivity index (χ0v) is 27.3. The molecule has 0 spiro atoms. The van der Waals surface area contributed by atoms with Gasteiger partial charge in [0, 0.05) is 49.4 Å². The lowest BCUT2D eigenvalue weighted by molar-refractivity contribution is -0.259. The molecule has 3 heterocycles. The monoisotopic (exact) mass is 658 g/mol. The van der Waals surface area contributed by atoms with Gasteiger partial charge in [0.05, 0.1) is 17.9 Å². The van der Waals surface area contributed by atoms with E-state index in [0.29, 0.717) is 5.56 Å². The number of rotatable bonds is 8. The highest BCUT2D eigenvalue weighted by atomic mass is 16.7. The van der Waals surface area contributed by atoms with E-state index in [-0.39, 0.29) is 43.8 Å². The topological polar surface area (TPSA) is 185 Å². The Morgan fingerprint density at radius 3 is 2.45 bits per heavy atom. The smallest absolute Gasteiger partial charge is 0.314 e. The molecule has 0 unspecified atom stereocenters. The Hall–Kier alpha value is -3.55. The highest BCUT2D eigenvalue weighted by Crippen LogP contribution is 2.72. The van der Waals surface area contributed by atoms with E-state index in [1.165, 1.54) is 19.5 Å². The van der Waals surface area contributed by atoms with E-state index >= 15 is 0 Å². The van der Waals surface area contributed by atoms with Crippen LogP contribution < -0.4 is 0 Å². The second-order valence-corrected chi connectivity index (χ2v) is 14.9. The molecule has 6 rings (SSSR count). The molecule has 2 N–H and O–H groups in total. The molecule has 2 aliphatic heterocycles. The Kier molecular flexibility index (Phi) is 7.61. The minimum atomic E-state index is -2.36. The van der Waals surface area contributed by atoms with Crippen molar-refractivity contribution in [2.24, 2.45) is 34.5 Å². The van der Waals surface area contributed by atoms with Crippen LogP contribution in [0.25, 0.3) is 0 Å². The summed E-state index contributed by atoms with van der Waals surface area (Å²) in [6, 6.07) is 1.65. The maximum atomic E-state index is 14.2. The summed E-state index contributed by atoms with van der Waals surface area (Å²) < 4.78 is 34.9. The number of fused-ring (bicyclic) bond motifs is 1. The first kappa shape index (κ1) is 33.4. The van der Waals surface area contributed by atoms with E-state index in [1.807, 2.05) is 13.8 Å². The third-order valence-electron chi connectivity index (χ3n) is 11.8. The van der Waals surface area contributed by atoms with Crippen LogP contribution in [-0.2, 0) is 47.7 Å². The van der Waals surface area contributed by atoms with Crippen molar-refractivity contribution in [2.75, 3.05) is 6.61 Å². The number of carbonyl (C=O) groups excluding carboxylic acids is 5. The van der Waals surface area contributed by atoms with Crippen molar-refractivity contribution in [3.8, 4) is 0 Å². The van der Waals surface area contributed by atoms with Gasteiger partial charge in [-0.1, -0.05) is 34.3 Å². The van der Waals surface area contributed by atoms with Gasteiger partial charge in [-0.05, 0) is 30.0 Å². The Balaban J connectivity index is 1.61. The van der Waals surface area contributed by atoms with Crippen molar-refractivity contribution in [1.82, 2.24) is 0 Å². The SMILES string of the molecule is C=C1[C@@H]([C@@]2(C)[C@@H](OC(C)=O)C[C@@]3(O)O[C@]4(C)COC(=O)[C@H]3[C@H]24)[C@@H](OC=O)[C@H](OC(=O)CC(C)C)[C@@]2(C)[C@H](c3ccoc3)CC(=O)[C@]12O. The molecule has 5 fully saturated rings. The van der Waals surface area contributed by atoms with Gasteiger partial charge in [-0.3, -0.25) is 24.0 Å². The maximum absolute atomic E-state index is 14.2. The minimum Gasteiger partial charge on any atom is -0.472 e. The fourth-order valence-electron chi connectivity index (χ4n) is 10.1. The number of aliphatic hydroxyl groups is 2. The van der Waals surface area contributed by atoms with Gasteiger partial charge in [-0.2, -0.15) is 0 Å². The first-order valence-electron chi connectivity index (χ1n) is 15.9. The van der Waals surface area contributed by atoms with Crippen LogP contribution in [-0.4, -0.2) is 82.3 Å². The summed E-state index contributed by atoms with van der Waals surface area (Å²) in [5, 5.41) is 24.6. The fraction of sp³-hybridized carbons (Fsp3) is 0.676. The van der Waals surface area contributed by atoms with E-state index in [9.17, 15) is 34.2 Å². The molecule has 3 aliphatic carbocycles. The van der Waals surface area contributed by atoms with Crippen LogP contribution in [0.2, 0.25) is 0 Å². The average molecular weight is 659 g/mol. The number of Topliss-reactive ketones (excluding diaryl/α,β-unsaturated/α-hetero) is 1. The molecule has 13 heteroatoms. The summed E-state index contributed by atoms with van der Waals surface area (Å²) in [6.07, 6.45) is -1.78. The predicted octanol–water partition coefficient (Wildman–Crippen LogP) is 2.37. The first-order chi connectivity index (χ1) is 21.9. The largest absolute Gasteiger partial charge is 0.472 e. The van der Waals surface area contributed by atoms with Gasteiger partial charge in [-0.25, -0.2) is 0 Å². The normalized spacial score (nSPS) is 45.3. The van der Waals surface area contributed by atoms with Crippen LogP contribution >= 0.6 is 0 Å². The first-order valence-corrected chi connectivity index (χ1v) is 15.9. The molecule has 1 aromatic rings. The fourth-order valence-corrected chi connectivity index (χ4v) is 10.1. The molecule has 0 amide bonds. The lowest BCUT2D eigenvalue weighted by atomic mass is 9.44. The van der Waals surface area contributed by atoms with E-state index in [2.05, 4.69) is 6.58 Å². The highest BCUT2D eigenvalue weighted by Gasteiger charge is 2.82. The Bertz CT molecular complexity index is 1520. The number of ketones is 1. The Labute approximate surface area is 271 Å². The zero-order valence-electron chi connectivity index (χ0n) is 27.3. The molecule has 5 aliphatic rings. The summed E-state index contributed by atoms with van der Waals surface area (Å²) in [7, 11) is 0. The van der Waals surface area contributed by atoms with Crippen molar-refractivity contribution in [2.45, 2.75) is 102 Å². The van der Waals surface area contributed by atoms with Crippen LogP contribution in [0.15, 0.2) is 35.2 Å². The maximum Gasteiger partial charge on any atom is 0.314 e. The predicted molar refractivity (Wildman–Crippen MR) is 158 cm³/mol. The van der Waals surface area contributed by atoms with Crippen LogP contribution in [0, 0.1) is 34.5 Å². The van der Waals surface area contributed by atoms with Gasteiger partial charge >= 0.3 is 17.9 Å². The second-order valence-electron chi connectivity index (χ2n) is 14.9. The summed E-state index contributed by atoms with van der Waals surface area (Å²) >= 11 is 0. The quantitative estimate of drug-likeness (QED) is 0.180. The number of carbonyl (C=O) groups is 5. The number of hydrogen-bond donors (Lipinski definition) is 2. The Morgan fingerprint density at radius 1 is 1.15 bits per heavy atom. The Morgan fingerprint density at radius 2 is 1.85 bits per heavy atom. The lowest BCUT2D eigenvalue weighted by Gasteiger charge is -2.63. The molecule has 3 saturated carbocycles. The van der Waals surface area contributed by atoms with E-state index in [4.69, 9.17) is 28.1 Å². The van der Waals surface area contributed by atoms with Crippen LogP contribution in [0.1, 0.15) is 72.3 Å². The standard InChI is InChI=1S/C34H42O13/c1-16(2)10-23(38)46-28-26(44-15-35)24(17(3)34(41)21(37)11-20(32(28,34)7)19-8-9-42-13-19)31(6)22(45-18(4)36)12-33(40)25-27(31)30(5,47-33)14-43-29(25)39/h8-9,13,15-16,20,22,24-28,40-41H,3,10-12,14H2,1-2,4-7H3/t20-,22-,24+,25+,26+,27-,28-,30+,31+,32+,33+,34+/m0/s1. The third-order valence-corrected chi connectivity index (χ3v) is 11.8. The van der Waals surface area contributed by atoms with E-state index < -0.39 is 93.5 Å². The number of hydrogen-bond acceptors (Lipinski definition) is 13. The third kappa shape index (κ3) is 4.34. The van der Waals surface area contributed by atoms with Crippen molar-refractivity contribution in [3.63, 3.8) is 0 Å². The van der Waals surface area contributed by atoms with Gasteiger partial charge < -0.3 is 38.3 Å². The molecule has 256 valence electrons. The van der Waals surface area contributed by atoms with Gasteiger partial charge in [-0.15, -0.1) is 0 Å². The van der Waals surface area contributed by atoms with Crippen molar-refractivity contribution in [3.05, 3.63) is 36.3 Å². The number of furan rings is 1. The molecule has 2 saturated heterocycles. The number of esters is 3. The van der Waals surface area contributed by atoms with Crippen molar-refractivity contribution >= 4 is 30.2 Å². The van der Waals surface area contributed by atoms with Gasteiger partial charge in [0.15, 0.2) is 17.2 Å². The number of ether oxygens (including phenoxy) is 5. The van der Waals surface area contributed by atoms with Crippen molar-refractivity contribution < 1.29 is 62.3 Å². The molecule has 4 bridgehead atoms. The molecular formula is C34H42O13. The number of cyclic esters (lactones) is 1. The molecule has 0 aromatic carbocycles. The van der Waals surface area contributed by atoms with Crippen LogP contribution in [0.4, 0.5) is 0 Å². The van der Waals surface area contributed by atoms with Gasteiger partial charge in [0.2, 0.25) is 0 Å². The van der Waals surface area contributed by atoms with Crippen LogP contribution in [0.5, 0.6) is 0 Å². The van der Waals surface area contributed by atoms with Gasteiger partial charge in [0.25, 0.3) is 6.47 Å². The average Bonchev–Trinajstić information content (AvgIpc) is 3.60. The van der Waals surface area contributed by atoms with Crippen molar-refractivity contribution in [1.29, 1.82) is 0 Å². The minimum absolute atomic E-state index is 0.0163. The highest BCUT2D eigenvalue weighted by molar-refractivity contribution is 5.96. The van der Waals surface area contributed by atoms with E-state index in [0.717, 1.165) is 0 Å². The summed E-state index contributed by atoms with van der Waals surface area (Å²) in [5.74, 6) is -9.19. The van der Waals surface area contributed by atoms with Crippen LogP contribution in [0.3, 0.4) is 0 Å². The van der Waals surface area contributed by atoms with E-state index in [1.54, 1.807) is 26.8 Å². The molecule has 12 atom stereocenters. The molecule has 47 heavy (non-hydrogen) atoms. The summed E-state index contributed by atoms with van der Waals surface area (Å²) in [5.41, 5.74) is -6.36. The molecule has 1 aromatic heterocycles. The molecule has 13 nitrogen and oxygen atoms in total. The zero-order chi connectivity index (χ0) is 34.5. The lowest BCUT2D eigenvalue weighted by Crippen LogP contribution is -2.73. The molecule has 0 radical (unpaired) electrons. The summed E-state index contributed by atoms with van der Waals surface area (Å²) in [4.78, 5) is 66.1. The second kappa shape index (κ2) is 10.7. The van der Waals surface area contributed by atoms with Gasteiger partial charge in [0.1, 0.15) is 36.4 Å². The summed E-state index contributed by atoms with van der Waals surface area (Å²) in [6.45, 7) is 14.0.